The van der Waals surface area contributed by atoms with Crippen molar-refractivity contribution >= 4 is 17.6 Å². The van der Waals surface area contributed by atoms with Gasteiger partial charge in [0, 0.05) is 5.56 Å². The average molecular weight is 291 g/mol. The third-order valence-electron chi connectivity index (χ3n) is 2.90. The average Bonchev–Trinajstić information content (AvgIpc) is 2.48. The van der Waals surface area contributed by atoms with Crippen molar-refractivity contribution in [3.05, 3.63) is 71.3 Å². The fourth-order valence-corrected chi connectivity index (χ4v) is 1.96. The van der Waals surface area contributed by atoms with Gasteiger partial charge in [-0.15, -0.1) is 0 Å². The van der Waals surface area contributed by atoms with Gasteiger partial charge in [-0.2, -0.15) is 0 Å². The normalized spacial score (nSPS) is 13.6. The van der Waals surface area contributed by atoms with Crippen molar-refractivity contribution in [1.82, 2.24) is 0 Å². The van der Waals surface area contributed by atoms with E-state index < -0.39 is 17.6 Å². The lowest BCUT2D eigenvalue weighted by Gasteiger charge is -2.12. The Balaban J connectivity index is 2.05. The van der Waals surface area contributed by atoms with Gasteiger partial charge in [0.15, 0.2) is 0 Å². The van der Waals surface area contributed by atoms with E-state index in [4.69, 9.17) is 16.3 Å². The van der Waals surface area contributed by atoms with Crippen LogP contribution in [0.2, 0.25) is 0 Å². The molecule has 0 fully saturated rings. The topological polar surface area (TPSA) is 46.5 Å². The van der Waals surface area contributed by atoms with E-state index in [1.54, 1.807) is 43.3 Å². The van der Waals surface area contributed by atoms with Crippen LogP contribution in [0.3, 0.4) is 0 Å². The molecule has 20 heavy (non-hydrogen) atoms. The number of esters is 1. The maximum absolute atomic E-state index is 11.9. The number of aliphatic hydroxyl groups excluding tert-OH is 1. The summed E-state index contributed by atoms with van der Waals surface area (Å²) in [6.45, 7) is 1.66. The van der Waals surface area contributed by atoms with Gasteiger partial charge < -0.3 is 9.84 Å². The third kappa shape index (κ3) is 3.59. The smallest absolute Gasteiger partial charge is 0.339 e. The Labute approximate surface area is 122 Å². The molecule has 3 nitrogen and oxygen atoms in total. The molecule has 2 atom stereocenters. The molecule has 0 saturated heterocycles. The summed E-state index contributed by atoms with van der Waals surface area (Å²) < 4.78 is 5.19. The highest BCUT2D eigenvalue weighted by atomic mass is 35.5. The van der Waals surface area contributed by atoms with Gasteiger partial charge in [-0.25, -0.2) is 4.79 Å². The van der Waals surface area contributed by atoms with E-state index in [-0.39, 0.29) is 0 Å². The molecule has 0 aliphatic rings. The number of benzene rings is 2. The van der Waals surface area contributed by atoms with Crippen LogP contribution in [0.5, 0.6) is 0 Å². The van der Waals surface area contributed by atoms with Crippen LogP contribution in [-0.2, 0) is 4.74 Å². The van der Waals surface area contributed by atoms with Gasteiger partial charge >= 0.3 is 5.97 Å². The fourth-order valence-electron chi connectivity index (χ4n) is 1.73. The number of ether oxygens (including phenoxy) is 1. The lowest BCUT2D eigenvalue weighted by atomic mass is 10.1. The van der Waals surface area contributed by atoms with E-state index in [0.717, 1.165) is 11.1 Å². The van der Waals surface area contributed by atoms with E-state index in [2.05, 4.69) is 0 Å². The molecule has 0 bridgehead atoms. The Morgan fingerprint density at radius 1 is 1.05 bits per heavy atom. The monoisotopic (exact) mass is 290 g/mol. The Morgan fingerprint density at radius 3 is 2.20 bits per heavy atom. The minimum absolute atomic E-state index is 0.399. The molecular weight excluding hydrogens is 276 g/mol. The second-order valence-electron chi connectivity index (χ2n) is 4.43. The lowest BCUT2D eigenvalue weighted by molar-refractivity contribution is 0.0446. The molecule has 0 amide bonds. The molecule has 4 heteroatoms. The van der Waals surface area contributed by atoms with Crippen molar-refractivity contribution in [2.75, 3.05) is 0 Å². The fraction of sp³-hybridized carbons (Fsp3) is 0.188. The third-order valence-corrected chi connectivity index (χ3v) is 3.24. The molecule has 1 N–H and O–H groups in total. The minimum Gasteiger partial charge on any atom is -0.438 e. The number of aliphatic hydroxyl groups is 1. The molecular formula is C16H15ClO3. The van der Waals surface area contributed by atoms with Gasteiger partial charge in [0.05, 0.1) is 11.7 Å². The van der Waals surface area contributed by atoms with Crippen molar-refractivity contribution in [2.24, 2.45) is 0 Å². The van der Waals surface area contributed by atoms with Gasteiger partial charge in [0.2, 0.25) is 5.56 Å². The molecule has 0 aliphatic carbocycles. The number of halogens is 1. The molecule has 0 aliphatic heterocycles. The zero-order chi connectivity index (χ0) is 14.5. The first-order chi connectivity index (χ1) is 9.58. The highest BCUT2D eigenvalue weighted by Gasteiger charge is 2.15. The summed E-state index contributed by atoms with van der Waals surface area (Å²) in [5, 5.41) is 9.41. The molecule has 2 rings (SSSR count). The van der Waals surface area contributed by atoms with Gasteiger partial charge in [-0.3, -0.25) is 0 Å². The minimum atomic E-state index is -0.819. The summed E-state index contributed by atoms with van der Waals surface area (Å²) in [4.78, 5) is 11.9. The first-order valence-corrected chi connectivity index (χ1v) is 6.69. The number of carbonyl (C=O) groups excluding carboxylic acids is 1. The standard InChI is InChI=1S/C16H15ClO3/c1-11(18)12-7-9-14(10-8-12)16(19)20-15(17)13-5-3-2-4-6-13/h2-11,15,18H,1H3. The van der Waals surface area contributed by atoms with Crippen LogP contribution in [0.25, 0.3) is 0 Å². The van der Waals surface area contributed by atoms with Crippen LogP contribution in [0, 0.1) is 0 Å². The van der Waals surface area contributed by atoms with Gasteiger partial charge in [0.25, 0.3) is 0 Å². The van der Waals surface area contributed by atoms with Crippen molar-refractivity contribution in [1.29, 1.82) is 0 Å². The quantitative estimate of drug-likeness (QED) is 0.687. The summed E-state index contributed by atoms with van der Waals surface area (Å²) >= 11 is 6.05. The lowest BCUT2D eigenvalue weighted by Crippen LogP contribution is -2.08. The number of hydrogen-bond donors (Lipinski definition) is 1. The van der Waals surface area contributed by atoms with Crippen molar-refractivity contribution in [3.63, 3.8) is 0 Å². The van der Waals surface area contributed by atoms with Gasteiger partial charge in [-0.05, 0) is 24.6 Å². The Bertz CT molecular complexity index is 564. The molecule has 0 aromatic heterocycles. The molecule has 2 aromatic rings. The summed E-state index contributed by atoms with van der Waals surface area (Å²) in [5.74, 6) is -0.494. The van der Waals surface area contributed by atoms with E-state index in [0.29, 0.717) is 5.56 Å². The Morgan fingerprint density at radius 2 is 1.65 bits per heavy atom. The van der Waals surface area contributed by atoms with E-state index in [9.17, 15) is 9.90 Å². The van der Waals surface area contributed by atoms with Crippen LogP contribution in [0.15, 0.2) is 54.6 Å². The van der Waals surface area contributed by atoms with E-state index >= 15 is 0 Å². The highest BCUT2D eigenvalue weighted by Crippen LogP contribution is 2.23. The number of rotatable bonds is 4. The predicted molar refractivity (Wildman–Crippen MR) is 77.5 cm³/mol. The molecule has 0 spiro atoms. The first kappa shape index (κ1) is 14.6. The summed E-state index contributed by atoms with van der Waals surface area (Å²) in [5.41, 5.74) is 1.05. The molecule has 0 heterocycles. The molecule has 2 unspecified atom stereocenters. The summed E-state index contributed by atoms with van der Waals surface area (Å²) in [6, 6.07) is 15.7. The van der Waals surface area contributed by atoms with E-state index in [1.165, 1.54) is 0 Å². The van der Waals surface area contributed by atoms with Crippen molar-refractivity contribution < 1.29 is 14.6 Å². The molecule has 2 aromatic carbocycles. The predicted octanol–water partition coefficient (Wildman–Crippen LogP) is 3.83. The second-order valence-corrected chi connectivity index (χ2v) is 4.83. The van der Waals surface area contributed by atoms with Crippen molar-refractivity contribution in [3.8, 4) is 0 Å². The Hall–Kier alpha value is -1.84. The number of alkyl halides is 1. The van der Waals surface area contributed by atoms with Crippen LogP contribution < -0.4 is 0 Å². The van der Waals surface area contributed by atoms with Crippen LogP contribution in [0.1, 0.15) is 40.1 Å². The van der Waals surface area contributed by atoms with Gasteiger partial charge in [0.1, 0.15) is 0 Å². The zero-order valence-electron chi connectivity index (χ0n) is 11.0. The number of hydrogen-bond acceptors (Lipinski definition) is 3. The summed E-state index contributed by atoms with van der Waals surface area (Å²) in [7, 11) is 0. The highest BCUT2D eigenvalue weighted by molar-refractivity contribution is 6.20. The second kappa shape index (κ2) is 6.55. The molecule has 104 valence electrons. The maximum Gasteiger partial charge on any atom is 0.339 e. The van der Waals surface area contributed by atoms with Crippen molar-refractivity contribution in [2.45, 2.75) is 18.6 Å². The summed E-state index contributed by atoms with van der Waals surface area (Å²) in [6.07, 6.45) is -0.565. The zero-order valence-corrected chi connectivity index (χ0v) is 11.7. The molecule has 0 saturated carbocycles. The van der Waals surface area contributed by atoms with Crippen LogP contribution in [0.4, 0.5) is 0 Å². The maximum atomic E-state index is 11.9. The van der Waals surface area contributed by atoms with Crippen LogP contribution >= 0.6 is 11.6 Å². The first-order valence-electron chi connectivity index (χ1n) is 6.26. The SMILES string of the molecule is CC(O)c1ccc(C(=O)OC(Cl)c2ccccc2)cc1. The van der Waals surface area contributed by atoms with Crippen LogP contribution in [-0.4, -0.2) is 11.1 Å². The Kier molecular flexibility index (Phi) is 4.77. The molecule has 0 radical (unpaired) electrons. The van der Waals surface area contributed by atoms with Gasteiger partial charge in [-0.1, -0.05) is 54.1 Å². The van der Waals surface area contributed by atoms with E-state index in [1.807, 2.05) is 18.2 Å². The largest absolute Gasteiger partial charge is 0.438 e. The number of carbonyl (C=O) groups is 1.